The van der Waals surface area contributed by atoms with Crippen LogP contribution in [0.3, 0.4) is 0 Å². The first-order chi connectivity index (χ1) is 43.3. The summed E-state index contributed by atoms with van der Waals surface area (Å²) in [6, 6.07) is 84.5. The molecule has 0 radical (unpaired) electrons. The van der Waals surface area contributed by atoms with Crippen LogP contribution in [0.2, 0.25) is 0 Å². The number of imidazole rings is 1. The molecule has 0 aliphatic carbocycles. The van der Waals surface area contributed by atoms with Crippen LogP contribution < -0.4 is 14.5 Å². The molecule has 0 saturated heterocycles. The molecule has 0 fully saturated rings. The monoisotopic (exact) mass is 1270 g/mol. The molecule has 6 nitrogen and oxygen atoms in total. The summed E-state index contributed by atoms with van der Waals surface area (Å²) in [5.74, 6) is 1.47. The fourth-order valence-corrected chi connectivity index (χ4v) is 13.9. The number of fused-ring (bicyclic) bond motifs is 9. The fourth-order valence-electron chi connectivity index (χ4n) is 12.8. The Bertz CT molecular complexity index is 4960. The van der Waals surface area contributed by atoms with Crippen LogP contribution in [0.5, 0.6) is 11.5 Å². The van der Waals surface area contributed by atoms with Crippen LogP contribution in [0.4, 0.5) is 34.3 Å². The second kappa shape index (κ2) is 20.5. The fraction of sp³-hybridized carbons (Fsp3) is 0.0649. The van der Waals surface area contributed by atoms with E-state index in [4.69, 9.17) is 16.6 Å². The molecule has 0 saturated carbocycles. The van der Waals surface area contributed by atoms with E-state index in [-0.39, 0.29) is 17.6 Å². The van der Waals surface area contributed by atoms with Crippen molar-refractivity contribution in [1.29, 1.82) is 0 Å². The van der Waals surface area contributed by atoms with Gasteiger partial charge in [0.25, 0.3) is 0 Å². The molecular formula is C77H55N5OPt-2. The number of anilines is 6. The Morgan fingerprint density at radius 3 is 1.61 bits per heavy atom. The first-order valence-electron chi connectivity index (χ1n) is 30.5. The summed E-state index contributed by atoms with van der Waals surface area (Å²) in [6.45, 7) is 8.43. The van der Waals surface area contributed by atoms with Gasteiger partial charge in [-0.2, -0.15) is 0 Å². The van der Waals surface area contributed by atoms with Crippen LogP contribution in [-0.2, 0) is 24.8 Å². The van der Waals surface area contributed by atoms with Gasteiger partial charge in [-0.25, -0.2) is 0 Å². The molecule has 11 aromatic carbocycles. The Labute approximate surface area is 507 Å². The minimum atomic E-state index is -0.911. The predicted octanol–water partition coefficient (Wildman–Crippen LogP) is 19.5. The minimum Gasteiger partial charge on any atom is -0.310 e. The van der Waals surface area contributed by atoms with Crippen LogP contribution in [0.15, 0.2) is 261 Å². The van der Waals surface area contributed by atoms with Gasteiger partial charge in [-0.3, -0.25) is 0 Å². The number of hydrogen-bond acceptors (Lipinski definition) is 4. The molecule has 2 aliphatic rings. The van der Waals surface area contributed by atoms with E-state index in [0.29, 0.717) is 34.1 Å². The van der Waals surface area contributed by atoms with Crippen molar-refractivity contribution in [2.45, 2.75) is 33.1 Å². The molecule has 2 aliphatic heterocycles. The van der Waals surface area contributed by atoms with Crippen molar-refractivity contribution in [3.8, 4) is 56.3 Å². The van der Waals surface area contributed by atoms with E-state index in [1.807, 2.05) is 37.3 Å². The van der Waals surface area contributed by atoms with Crippen molar-refractivity contribution >= 4 is 45.3 Å². The van der Waals surface area contributed by atoms with E-state index in [2.05, 4.69) is 265 Å². The minimum absolute atomic E-state index is 0.0944. The van der Waals surface area contributed by atoms with Crippen LogP contribution in [0.1, 0.15) is 51.4 Å². The Balaban J connectivity index is 0.921. The average molecular weight is 1270 g/mol. The molecule has 406 valence electrons. The maximum atomic E-state index is 8.94. The summed E-state index contributed by atoms with van der Waals surface area (Å²) < 4.78 is 55.9. The first kappa shape index (κ1) is 45.7. The molecule has 2 aromatic heterocycles. The molecule has 7 heteroatoms. The zero-order valence-electron chi connectivity index (χ0n) is 51.4. The van der Waals surface area contributed by atoms with Gasteiger partial charge in [0.1, 0.15) is 0 Å². The van der Waals surface area contributed by atoms with E-state index in [9.17, 15) is 0 Å². The number of nitrogens with zero attached hydrogens (tertiary/aromatic N) is 5. The Kier molecular flexibility index (Phi) is 11.2. The van der Waals surface area contributed by atoms with Crippen LogP contribution in [0, 0.1) is 43.6 Å². The van der Waals surface area contributed by atoms with Crippen molar-refractivity contribution in [3.05, 3.63) is 321 Å². The molecule has 4 heterocycles. The van der Waals surface area contributed by atoms with E-state index in [1.54, 1.807) is 6.20 Å². The molecular weight excluding hydrogens is 1210 g/mol. The maximum absolute atomic E-state index is 8.94. The van der Waals surface area contributed by atoms with Crippen molar-refractivity contribution in [3.63, 3.8) is 0 Å². The smallest absolute Gasteiger partial charge is 0.310 e. The van der Waals surface area contributed by atoms with Crippen molar-refractivity contribution in [2.24, 2.45) is 0 Å². The van der Waals surface area contributed by atoms with Gasteiger partial charge in [-0.05, 0) is 79.8 Å². The molecule has 0 N–H and O–H groups in total. The molecule has 1 spiro atoms. The zero-order chi connectivity index (χ0) is 61.0. The SMILES string of the molecule is [2H]c1c([2H])c([2H])c(-c2cnc(N3c4[c-]c(Oc5[c-]c(-n6[c](=[Pt])n(-c7c(-c8ccccc8)cccc7-c7ccccc7)c7ccccc76)ccc5)ccc4C4(c5ccccc53)c3ccccc3N(c3cc(C)c(C)c(C)c3)c3ccccc34)cc2C)c([2H])c1[2H]. The third-order valence-corrected chi connectivity index (χ3v) is 17.8. The van der Waals surface area contributed by atoms with Gasteiger partial charge in [0.2, 0.25) is 0 Å². The van der Waals surface area contributed by atoms with Gasteiger partial charge in [0.15, 0.2) is 0 Å². The van der Waals surface area contributed by atoms with Gasteiger partial charge < -0.3 is 4.90 Å². The number of hydrogen-bond donors (Lipinski definition) is 0. The molecule has 0 bridgehead atoms. The normalized spacial score (nSPS) is 13.7. The zero-order valence-corrected chi connectivity index (χ0v) is 48.7. The number of pyridine rings is 1. The summed E-state index contributed by atoms with van der Waals surface area (Å²) in [4.78, 5) is 9.69. The van der Waals surface area contributed by atoms with Crippen LogP contribution in [-0.4, -0.2) is 14.1 Å². The van der Waals surface area contributed by atoms with E-state index >= 15 is 0 Å². The summed E-state index contributed by atoms with van der Waals surface area (Å²) in [6.07, 6.45) is 1.62. The molecule has 0 atom stereocenters. The van der Waals surface area contributed by atoms with Crippen LogP contribution >= 0.6 is 0 Å². The van der Waals surface area contributed by atoms with Gasteiger partial charge in [0.05, 0.1) is 6.85 Å². The summed E-state index contributed by atoms with van der Waals surface area (Å²) >= 11 is 2.46. The second-order valence-electron chi connectivity index (χ2n) is 21.5. The van der Waals surface area contributed by atoms with Gasteiger partial charge >= 0.3 is 306 Å². The number of rotatable bonds is 9. The number of ether oxygens (including phenoxy) is 1. The van der Waals surface area contributed by atoms with Gasteiger partial charge in [-0.15, -0.1) is 0 Å². The number of aryl methyl sites for hydroxylation is 3. The molecule has 0 unspecified atom stereocenters. The summed E-state index contributed by atoms with van der Waals surface area (Å²) in [5.41, 5.74) is 21.1. The van der Waals surface area contributed by atoms with E-state index in [1.165, 1.54) is 16.7 Å². The van der Waals surface area contributed by atoms with Gasteiger partial charge in [-0.1, -0.05) is 84.8 Å². The standard InChI is InChI=1S/C77H55N5O.Pt/c1-51-44-59(45-52(2)54(51)4)81-69-37-17-14-34-65(69)77(66-35-15-18-38-70(66)81)67-36-16-19-39-71(67)82(75-46-53(3)64(49-78-75)57-28-12-7-13-29-57)74-48-61(42-43-68(74)77)83-60-31-22-30-58(47-60)79-50-80(73-41-21-20-40-72(73)79)76-62(55-24-8-5-9-25-55)32-23-33-63(76)56-26-10-6-11-27-56;/h5-46,49H,1-4H3;/q-2;/i7D,12D,13D,28D,29D;. The third kappa shape index (κ3) is 8.11. The Morgan fingerprint density at radius 1 is 0.464 bits per heavy atom. The number of para-hydroxylation sites is 6. The van der Waals surface area contributed by atoms with Crippen LogP contribution in [0.25, 0.3) is 55.8 Å². The van der Waals surface area contributed by atoms with E-state index < -0.39 is 23.5 Å². The molecule has 13 aromatic rings. The van der Waals surface area contributed by atoms with E-state index in [0.717, 1.165) is 93.5 Å². The first-order valence-corrected chi connectivity index (χ1v) is 29.2. The average Bonchev–Trinajstić information content (AvgIpc) is 1.21. The number of aromatic nitrogens is 3. The molecule has 84 heavy (non-hydrogen) atoms. The van der Waals surface area contributed by atoms with Gasteiger partial charge in [0, 0.05) is 28.8 Å². The second-order valence-corrected chi connectivity index (χ2v) is 22.5. The topological polar surface area (TPSA) is 38.5 Å². The Hall–Kier alpha value is -9.87. The van der Waals surface area contributed by atoms with Crippen molar-refractivity contribution in [1.82, 2.24) is 14.1 Å². The summed E-state index contributed by atoms with van der Waals surface area (Å²) in [5, 5.41) is 0. The molecule has 0 amide bonds. The van der Waals surface area contributed by atoms with Crippen molar-refractivity contribution < 1.29 is 30.9 Å². The Morgan fingerprint density at radius 2 is 1.00 bits per heavy atom. The third-order valence-electron chi connectivity index (χ3n) is 16.8. The molecule has 15 rings (SSSR count). The predicted molar refractivity (Wildman–Crippen MR) is 338 cm³/mol. The quantitative estimate of drug-likeness (QED) is 0.135. The number of benzene rings is 11. The summed E-state index contributed by atoms with van der Waals surface area (Å²) in [7, 11) is 0. The van der Waals surface area contributed by atoms with Crippen molar-refractivity contribution in [2.75, 3.05) is 9.80 Å².